The third-order valence-corrected chi connectivity index (χ3v) is 2.92. The number of hydrogen-bond acceptors (Lipinski definition) is 6. The normalized spacial score (nSPS) is 9.56. The summed E-state index contributed by atoms with van der Waals surface area (Å²) in [7, 11) is 1.75. The van der Waals surface area contributed by atoms with Crippen LogP contribution < -0.4 is 15.8 Å². The van der Waals surface area contributed by atoms with Gasteiger partial charge in [-0.2, -0.15) is 5.26 Å². The first-order valence-electron chi connectivity index (χ1n) is 7.33. The van der Waals surface area contributed by atoms with Crippen LogP contribution in [0.1, 0.15) is 28.5 Å². The van der Waals surface area contributed by atoms with Crippen LogP contribution in [0.15, 0.2) is 24.3 Å². The molecule has 0 fully saturated rings. The summed E-state index contributed by atoms with van der Waals surface area (Å²) in [6.07, 6.45) is 0.556. The van der Waals surface area contributed by atoms with E-state index in [1.54, 1.807) is 20.0 Å². The Labute approximate surface area is 144 Å². The van der Waals surface area contributed by atoms with Crippen molar-refractivity contribution >= 4 is 12.0 Å². The minimum Gasteiger partial charge on any atom is -0.477 e. The summed E-state index contributed by atoms with van der Waals surface area (Å²) in [5.74, 6) is -1.49. The van der Waals surface area contributed by atoms with Crippen molar-refractivity contribution in [3.05, 3.63) is 52.7 Å². The van der Waals surface area contributed by atoms with Crippen molar-refractivity contribution in [2.45, 2.75) is 13.5 Å². The summed E-state index contributed by atoms with van der Waals surface area (Å²) >= 11 is 0. The number of nitrogen functional groups attached to an aromatic ring is 1. The van der Waals surface area contributed by atoms with Gasteiger partial charge in [-0.15, -0.1) is 0 Å². The molecule has 0 radical (unpaired) electrons. The van der Waals surface area contributed by atoms with Gasteiger partial charge in [0.1, 0.15) is 17.3 Å². The van der Waals surface area contributed by atoms with Crippen molar-refractivity contribution in [3.8, 4) is 11.9 Å². The van der Waals surface area contributed by atoms with E-state index in [9.17, 15) is 13.6 Å². The fraction of sp³-hybridized carbons (Fsp3) is 0.235. The first-order chi connectivity index (χ1) is 12.0. The van der Waals surface area contributed by atoms with Crippen LogP contribution in [0.3, 0.4) is 0 Å². The third kappa shape index (κ3) is 5.82. The van der Waals surface area contributed by atoms with Crippen LogP contribution >= 0.6 is 0 Å². The highest BCUT2D eigenvalue weighted by Crippen LogP contribution is 2.21. The molecule has 25 heavy (non-hydrogen) atoms. The van der Waals surface area contributed by atoms with Gasteiger partial charge in [-0.3, -0.25) is 4.79 Å². The first-order valence-corrected chi connectivity index (χ1v) is 7.33. The Morgan fingerprint density at radius 1 is 1.36 bits per heavy atom. The Hall–Kier alpha value is -3.05. The summed E-state index contributed by atoms with van der Waals surface area (Å²) < 4.78 is 29.9. The highest BCUT2D eigenvalue weighted by Gasteiger charge is 2.10. The Bertz CT molecular complexity index is 776. The predicted octanol–water partition coefficient (Wildman–Crippen LogP) is 2.43. The van der Waals surface area contributed by atoms with Crippen molar-refractivity contribution in [1.82, 2.24) is 10.3 Å². The molecule has 0 saturated carbocycles. The molecule has 0 aliphatic carbocycles. The monoisotopic (exact) mass is 348 g/mol. The van der Waals surface area contributed by atoms with Gasteiger partial charge >= 0.3 is 0 Å². The highest BCUT2D eigenvalue weighted by molar-refractivity contribution is 5.76. The van der Waals surface area contributed by atoms with Gasteiger partial charge in [-0.05, 0) is 37.7 Å². The lowest BCUT2D eigenvalue weighted by Gasteiger charge is -2.06. The maximum absolute atomic E-state index is 12.5. The van der Waals surface area contributed by atoms with Crippen LogP contribution in [0.5, 0.6) is 5.88 Å². The fourth-order valence-electron chi connectivity index (χ4n) is 1.83. The Morgan fingerprint density at radius 2 is 2.08 bits per heavy atom. The first kappa shape index (κ1) is 20.0. The number of aromatic nitrogens is 1. The molecule has 8 heteroatoms. The molecule has 0 aliphatic rings. The zero-order valence-corrected chi connectivity index (χ0v) is 13.8. The zero-order chi connectivity index (χ0) is 18.8. The summed E-state index contributed by atoms with van der Waals surface area (Å²) in [6, 6.07) is 7.08. The van der Waals surface area contributed by atoms with Gasteiger partial charge in [-0.1, -0.05) is 6.07 Å². The lowest BCUT2D eigenvalue weighted by Crippen LogP contribution is -2.05. The lowest BCUT2D eigenvalue weighted by molar-refractivity contribution is 0.111. The quantitative estimate of drug-likeness (QED) is 0.805. The van der Waals surface area contributed by atoms with Gasteiger partial charge in [0.15, 0.2) is 17.9 Å². The predicted molar refractivity (Wildman–Crippen MR) is 89.0 cm³/mol. The number of benzene rings is 1. The average Bonchev–Trinajstić information content (AvgIpc) is 2.59. The SMILES string of the molecule is CCOc1nc(C=O)cc(N)c1C#N.CNCc1ccc(F)c(F)c1. The largest absolute Gasteiger partial charge is 0.477 e. The van der Waals surface area contributed by atoms with E-state index in [1.165, 1.54) is 12.1 Å². The topological polar surface area (TPSA) is 101 Å². The van der Waals surface area contributed by atoms with Gasteiger partial charge in [0.25, 0.3) is 0 Å². The number of carbonyl (C=O) groups is 1. The van der Waals surface area contributed by atoms with Crippen molar-refractivity contribution < 1.29 is 18.3 Å². The van der Waals surface area contributed by atoms with Crippen molar-refractivity contribution in [2.24, 2.45) is 0 Å². The molecule has 2 aromatic rings. The minimum atomic E-state index is -0.801. The number of aldehydes is 1. The van der Waals surface area contributed by atoms with Crippen LogP contribution in [-0.2, 0) is 6.54 Å². The van der Waals surface area contributed by atoms with Crippen LogP contribution in [0.25, 0.3) is 0 Å². The number of anilines is 1. The van der Waals surface area contributed by atoms with E-state index in [0.29, 0.717) is 19.4 Å². The molecule has 2 rings (SSSR count). The molecular formula is C17H18F2N4O2. The minimum absolute atomic E-state index is 0.108. The summed E-state index contributed by atoms with van der Waals surface area (Å²) in [5.41, 5.74) is 6.80. The van der Waals surface area contributed by atoms with Crippen LogP contribution in [0.2, 0.25) is 0 Å². The Morgan fingerprint density at radius 3 is 2.60 bits per heavy atom. The average molecular weight is 348 g/mol. The number of halogens is 2. The molecule has 1 heterocycles. The molecule has 0 amide bonds. The summed E-state index contributed by atoms with van der Waals surface area (Å²) in [6.45, 7) is 2.67. The fourth-order valence-corrected chi connectivity index (χ4v) is 1.83. The van der Waals surface area contributed by atoms with Gasteiger partial charge in [0, 0.05) is 6.54 Å². The van der Waals surface area contributed by atoms with Gasteiger partial charge in [0.2, 0.25) is 5.88 Å². The van der Waals surface area contributed by atoms with E-state index >= 15 is 0 Å². The number of carbonyl (C=O) groups excluding carboxylic acids is 1. The van der Waals surface area contributed by atoms with Crippen LogP contribution in [-0.4, -0.2) is 24.9 Å². The van der Waals surface area contributed by atoms with E-state index in [-0.39, 0.29) is 22.8 Å². The molecule has 132 valence electrons. The van der Waals surface area contributed by atoms with Crippen molar-refractivity contribution in [2.75, 3.05) is 19.4 Å². The second kappa shape index (κ2) is 9.95. The number of rotatable bonds is 5. The number of nitriles is 1. The highest BCUT2D eigenvalue weighted by atomic mass is 19.2. The smallest absolute Gasteiger partial charge is 0.234 e. The number of nitrogens with one attached hydrogen (secondary N) is 1. The lowest BCUT2D eigenvalue weighted by atomic mass is 10.2. The standard InChI is InChI=1S/C9H9N3O2.C8H9F2N/c1-2-14-9-7(4-10)8(11)3-6(5-13)12-9;1-11-5-6-2-3-7(9)8(10)4-6/h3,5H,2H2,1H3,(H2,11,12);2-4,11H,5H2,1H3. The Balaban J connectivity index is 0.000000257. The molecule has 0 unspecified atom stereocenters. The summed E-state index contributed by atoms with van der Waals surface area (Å²) in [4.78, 5) is 14.3. The molecule has 0 atom stereocenters. The molecule has 0 bridgehead atoms. The van der Waals surface area contributed by atoms with Gasteiger partial charge in [-0.25, -0.2) is 13.8 Å². The Kier molecular flexibility index (Phi) is 7.96. The van der Waals surface area contributed by atoms with Gasteiger partial charge < -0.3 is 15.8 Å². The van der Waals surface area contributed by atoms with Crippen molar-refractivity contribution in [1.29, 1.82) is 5.26 Å². The second-order valence-corrected chi connectivity index (χ2v) is 4.76. The molecule has 0 saturated heterocycles. The molecule has 1 aromatic heterocycles. The van der Waals surface area contributed by atoms with E-state index in [0.717, 1.165) is 11.6 Å². The van der Waals surface area contributed by atoms with E-state index in [2.05, 4.69) is 10.3 Å². The summed E-state index contributed by atoms with van der Waals surface area (Å²) in [5, 5.41) is 11.6. The number of pyridine rings is 1. The maximum atomic E-state index is 12.5. The second-order valence-electron chi connectivity index (χ2n) is 4.76. The molecule has 3 N–H and O–H groups in total. The number of ether oxygens (including phenoxy) is 1. The molecular weight excluding hydrogens is 330 g/mol. The van der Waals surface area contributed by atoms with Crippen LogP contribution in [0.4, 0.5) is 14.5 Å². The van der Waals surface area contributed by atoms with E-state index in [1.807, 2.05) is 6.07 Å². The number of nitrogens with zero attached hydrogens (tertiary/aromatic N) is 2. The molecule has 0 aliphatic heterocycles. The zero-order valence-electron chi connectivity index (χ0n) is 13.8. The maximum Gasteiger partial charge on any atom is 0.234 e. The van der Waals surface area contributed by atoms with E-state index in [4.69, 9.17) is 15.7 Å². The molecule has 1 aromatic carbocycles. The molecule has 0 spiro atoms. The van der Waals surface area contributed by atoms with E-state index < -0.39 is 11.6 Å². The number of nitrogens with two attached hydrogens (primary N) is 1. The number of hydrogen-bond donors (Lipinski definition) is 2. The van der Waals surface area contributed by atoms with Crippen LogP contribution in [0, 0.1) is 23.0 Å². The third-order valence-electron chi connectivity index (χ3n) is 2.92. The molecule has 6 nitrogen and oxygen atoms in total. The van der Waals surface area contributed by atoms with Gasteiger partial charge in [0.05, 0.1) is 12.3 Å². The van der Waals surface area contributed by atoms with Crippen molar-refractivity contribution in [3.63, 3.8) is 0 Å².